The Bertz CT molecular complexity index is 305. The van der Waals surface area contributed by atoms with Crippen molar-refractivity contribution in [2.75, 3.05) is 13.1 Å². The lowest BCUT2D eigenvalue weighted by Gasteiger charge is -2.26. The molecule has 1 N–H and O–H groups in total. The van der Waals surface area contributed by atoms with Gasteiger partial charge in [-0.15, -0.1) is 0 Å². The van der Waals surface area contributed by atoms with E-state index in [1.807, 2.05) is 12.4 Å². The molecule has 1 aromatic heterocycles. The quantitative estimate of drug-likeness (QED) is 0.749. The molecule has 0 amide bonds. The van der Waals surface area contributed by atoms with Gasteiger partial charge in [0.15, 0.2) is 0 Å². The zero-order chi connectivity index (χ0) is 11.3. The first-order valence-electron chi connectivity index (χ1n) is 5.69. The maximum Gasteiger partial charge on any atom is 0.0307 e. The van der Waals surface area contributed by atoms with Crippen molar-refractivity contribution in [2.24, 2.45) is 0 Å². The highest BCUT2D eigenvalue weighted by atomic mass is 14.8. The summed E-state index contributed by atoms with van der Waals surface area (Å²) in [7, 11) is 0. The first-order valence-corrected chi connectivity index (χ1v) is 5.69. The second kappa shape index (κ2) is 5.26. The fraction of sp³-hybridized carbons (Fsp3) is 0.615. The summed E-state index contributed by atoms with van der Waals surface area (Å²) in [5, 5.41) is 3.37. The third-order valence-corrected chi connectivity index (χ3v) is 2.94. The fourth-order valence-corrected chi connectivity index (χ4v) is 1.88. The molecule has 0 saturated heterocycles. The van der Waals surface area contributed by atoms with Gasteiger partial charge in [0, 0.05) is 12.4 Å². The maximum absolute atomic E-state index is 4.22. The monoisotopic (exact) mass is 206 g/mol. The van der Waals surface area contributed by atoms with Crippen LogP contribution in [0.5, 0.6) is 0 Å². The summed E-state index contributed by atoms with van der Waals surface area (Å²) in [4.78, 5) is 4.22. The molecule has 0 radical (unpaired) electrons. The van der Waals surface area contributed by atoms with E-state index in [0.717, 1.165) is 19.5 Å². The van der Waals surface area contributed by atoms with Crippen LogP contribution in [-0.4, -0.2) is 18.1 Å². The summed E-state index contributed by atoms with van der Waals surface area (Å²) in [5.41, 5.74) is 2.91. The Morgan fingerprint density at radius 3 is 2.73 bits per heavy atom. The highest BCUT2D eigenvalue weighted by Crippen LogP contribution is 2.28. The number of nitrogens with zero attached hydrogens (tertiary/aromatic N) is 1. The van der Waals surface area contributed by atoms with E-state index in [-0.39, 0.29) is 5.41 Å². The molecule has 0 aromatic carbocycles. The van der Waals surface area contributed by atoms with Crippen molar-refractivity contribution in [3.05, 3.63) is 29.6 Å². The largest absolute Gasteiger partial charge is 0.317 e. The van der Waals surface area contributed by atoms with Crippen LogP contribution in [0.1, 0.15) is 38.3 Å². The molecule has 0 unspecified atom stereocenters. The fourth-order valence-electron chi connectivity index (χ4n) is 1.88. The summed E-state index contributed by atoms with van der Waals surface area (Å²) in [6, 6.07) is 2.09. The van der Waals surface area contributed by atoms with Crippen LogP contribution in [0.2, 0.25) is 0 Å². The van der Waals surface area contributed by atoms with Crippen molar-refractivity contribution < 1.29 is 0 Å². The second-order valence-electron chi connectivity index (χ2n) is 4.68. The van der Waals surface area contributed by atoms with E-state index < -0.39 is 0 Å². The van der Waals surface area contributed by atoms with Crippen LogP contribution in [0.4, 0.5) is 0 Å². The number of rotatable bonds is 5. The maximum atomic E-state index is 4.22. The molecule has 0 fully saturated rings. The minimum Gasteiger partial charge on any atom is -0.317 e. The Morgan fingerprint density at radius 2 is 2.13 bits per heavy atom. The molecule has 0 aliphatic carbocycles. The molecule has 0 atom stereocenters. The Kier molecular flexibility index (Phi) is 4.28. The van der Waals surface area contributed by atoms with Crippen LogP contribution in [-0.2, 0) is 5.41 Å². The predicted molar refractivity (Wildman–Crippen MR) is 65.2 cm³/mol. The molecule has 0 aliphatic heterocycles. The van der Waals surface area contributed by atoms with Gasteiger partial charge in [-0.25, -0.2) is 0 Å². The van der Waals surface area contributed by atoms with Gasteiger partial charge < -0.3 is 5.32 Å². The molecular formula is C13H22N2. The first kappa shape index (κ1) is 12.2. The summed E-state index contributed by atoms with van der Waals surface area (Å²) in [6.45, 7) is 11.0. The van der Waals surface area contributed by atoms with Crippen molar-refractivity contribution in [1.29, 1.82) is 0 Å². The normalized spacial score (nSPS) is 11.7. The molecule has 2 heteroatoms. The molecule has 0 bridgehead atoms. The number of hydrogen-bond acceptors (Lipinski definition) is 2. The third-order valence-electron chi connectivity index (χ3n) is 2.94. The van der Waals surface area contributed by atoms with Crippen LogP contribution in [0.15, 0.2) is 18.5 Å². The van der Waals surface area contributed by atoms with Crippen LogP contribution < -0.4 is 5.32 Å². The van der Waals surface area contributed by atoms with Gasteiger partial charge >= 0.3 is 0 Å². The topological polar surface area (TPSA) is 24.9 Å². The van der Waals surface area contributed by atoms with E-state index >= 15 is 0 Å². The minimum atomic E-state index is 0.209. The van der Waals surface area contributed by atoms with Crippen molar-refractivity contribution in [2.45, 2.75) is 39.5 Å². The molecule has 0 saturated carbocycles. The van der Waals surface area contributed by atoms with Gasteiger partial charge in [0.2, 0.25) is 0 Å². The number of pyridine rings is 1. The highest BCUT2D eigenvalue weighted by molar-refractivity contribution is 5.28. The van der Waals surface area contributed by atoms with Crippen molar-refractivity contribution >= 4 is 0 Å². The SMILES string of the molecule is CCNCCC(C)(C)c1cnccc1C. The van der Waals surface area contributed by atoms with Gasteiger partial charge in [-0.2, -0.15) is 0 Å². The number of aromatic nitrogens is 1. The second-order valence-corrected chi connectivity index (χ2v) is 4.68. The summed E-state index contributed by atoms with van der Waals surface area (Å²) >= 11 is 0. The Labute approximate surface area is 93.1 Å². The smallest absolute Gasteiger partial charge is 0.0307 e. The molecule has 2 nitrogen and oxygen atoms in total. The predicted octanol–water partition coefficient (Wildman–Crippen LogP) is 2.67. The average molecular weight is 206 g/mol. The molecule has 1 rings (SSSR count). The zero-order valence-electron chi connectivity index (χ0n) is 10.3. The van der Waals surface area contributed by atoms with Gasteiger partial charge in [0.05, 0.1) is 0 Å². The average Bonchev–Trinajstić information content (AvgIpc) is 2.18. The van der Waals surface area contributed by atoms with E-state index in [4.69, 9.17) is 0 Å². The molecule has 15 heavy (non-hydrogen) atoms. The molecule has 84 valence electrons. The van der Waals surface area contributed by atoms with Crippen LogP contribution in [0.3, 0.4) is 0 Å². The molecule has 0 spiro atoms. The Hall–Kier alpha value is -0.890. The lowest BCUT2D eigenvalue weighted by molar-refractivity contribution is 0.457. The standard InChI is InChI=1S/C13H22N2/c1-5-14-9-7-13(3,4)12-10-15-8-6-11(12)2/h6,8,10,14H,5,7,9H2,1-4H3. The summed E-state index contributed by atoms with van der Waals surface area (Å²) in [6.07, 6.45) is 5.01. The molecule has 1 aromatic rings. The van der Waals surface area contributed by atoms with Crippen molar-refractivity contribution in [1.82, 2.24) is 10.3 Å². The van der Waals surface area contributed by atoms with Crippen LogP contribution in [0, 0.1) is 6.92 Å². The number of aryl methyl sites for hydroxylation is 1. The lowest BCUT2D eigenvalue weighted by Crippen LogP contribution is -2.26. The van der Waals surface area contributed by atoms with Gasteiger partial charge in [-0.1, -0.05) is 20.8 Å². The van der Waals surface area contributed by atoms with Crippen molar-refractivity contribution in [3.8, 4) is 0 Å². The Morgan fingerprint density at radius 1 is 1.40 bits per heavy atom. The number of hydrogen-bond donors (Lipinski definition) is 1. The van der Waals surface area contributed by atoms with Gasteiger partial charge in [-0.05, 0) is 49.0 Å². The summed E-state index contributed by atoms with van der Waals surface area (Å²) < 4.78 is 0. The van der Waals surface area contributed by atoms with E-state index in [2.05, 4.69) is 44.1 Å². The zero-order valence-corrected chi connectivity index (χ0v) is 10.3. The van der Waals surface area contributed by atoms with E-state index in [1.165, 1.54) is 11.1 Å². The van der Waals surface area contributed by atoms with Crippen LogP contribution >= 0.6 is 0 Å². The van der Waals surface area contributed by atoms with E-state index in [9.17, 15) is 0 Å². The van der Waals surface area contributed by atoms with E-state index in [0.29, 0.717) is 0 Å². The molecule has 0 aliphatic rings. The number of nitrogens with one attached hydrogen (secondary N) is 1. The van der Waals surface area contributed by atoms with Gasteiger partial charge in [0.1, 0.15) is 0 Å². The third kappa shape index (κ3) is 3.31. The highest BCUT2D eigenvalue weighted by Gasteiger charge is 2.21. The first-order chi connectivity index (χ1) is 7.08. The van der Waals surface area contributed by atoms with Crippen LogP contribution in [0.25, 0.3) is 0 Å². The molecule has 1 heterocycles. The van der Waals surface area contributed by atoms with Gasteiger partial charge in [0.25, 0.3) is 0 Å². The Balaban J connectivity index is 2.72. The van der Waals surface area contributed by atoms with Crippen molar-refractivity contribution in [3.63, 3.8) is 0 Å². The van der Waals surface area contributed by atoms with E-state index in [1.54, 1.807) is 0 Å². The van der Waals surface area contributed by atoms with Gasteiger partial charge in [-0.3, -0.25) is 4.98 Å². The minimum absolute atomic E-state index is 0.209. The lowest BCUT2D eigenvalue weighted by atomic mass is 9.80. The summed E-state index contributed by atoms with van der Waals surface area (Å²) in [5.74, 6) is 0. The molecular weight excluding hydrogens is 184 g/mol.